The number of nitrogens with one attached hydrogen (secondary N) is 1. The summed E-state index contributed by atoms with van der Waals surface area (Å²) in [7, 11) is -3.97. The zero-order valence-corrected chi connectivity index (χ0v) is 10.5. The predicted molar refractivity (Wildman–Crippen MR) is 64.8 cm³/mol. The Hall–Kier alpha value is -1.31. The SMILES string of the molecule is CC(NS(=O)(=O)c1c(N)cccc1Cl)C(N)=O. The quantitative estimate of drug-likeness (QED) is 0.676. The third kappa shape index (κ3) is 3.09. The van der Waals surface area contributed by atoms with E-state index < -0.39 is 22.0 Å². The van der Waals surface area contributed by atoms with Crippen LogP contribution in [0.15, 0.2) is 23.1 Å². The molecule has 17 heavy (non-hydrogen) atoms. The van der Waals surface area contributed by atoms with Crippen molar-refractivity contribution in [3.63, 3.8) is 0 Å². The number of carbonyl (C=O) groups excluding carboxylic acids is 1. The van der Waals surface area contributed by atoms with Crippen molar-refractivity contribution in [2.75, 3.05) is 5.73 Å². The van der Waals surface area contributed by atoms with E-state index in [9.17, 15) is 13.2 Å². The highest BCUT2D eigenvalue weighted by atomic mass is 35.5. The van der Waals surface area contributed by atoms with Gasteiger partial charge in [0.1, 0.15) is 4.90 Å². The van der Waals surface area contributed by atoms with E-state index in [1.54, 1.807) is 0 Å². The Balaban J connectivity index is 3.19. The van der Waals surface area contributed by atoms with Crippen LogP contribution in [0.1, 0.15) is 6.92 Å². The maximum absolute atomic E-state index is 11.9. The summed E-state index contributed by atoms with van der Waals surface area (Å²) in [6.07, 6.45) is 0. The molecule has 0 saturated carbocycles. The third-order valence-corrected chi connectivity index (χ3v) is 4.11. The second kappa shape index (κ2) is 4.91. The first-order valence-corrected chi connectivity index (χ1v) is 6.47. The molecule has 0 saturated heterocycles. The van der Waals surface area contributed by atoms with E-state index in [2.05, 4.69) is 4.72 Å². The molecule has 0 spiro atoms. The van der Waals surface area contributed by atoms with Gasteiger partial charge in [0.25, 0.3) is 0 Å². The lowest BCUT2D eigenvalue weighted by molar-refractivity contribution is -0.119. The molecule has 1 rings (SSSR count). The Bertz CT molecular complexity index is 524. The summed E-state index contributed by atoms with van der Waals surface area (Å²) < 4.78 is 25.9. The fourth-order valence-electron chi connectivity index (χ4n) is 1.16. The highest BCUT2D eigenvalue weighted by Gasteiger charge is 2.24. The lowest BCUT2D eigenvalue weighted by Crippen LogP contribution is -2.42. The van der Waals surface area contributed by atoms with Gasteiger partial charge in [-0.15, -0.1) is 0 Å². The smallest absolute Gasteiger partial charge is 0.244 e. The molecule has 0 aliphatic carbocycles. The summed E-state index contributed by atoms with van der Waals surface area (Å²) in [5.41, 5.74) is 10.5. The summed E-state index contributed by atoms with van der Waals surface area (Å²) >= 11 is 5.76. The molecule has 0 aromatic heterocycles. The van der Waals surface area contributed by atoms with Gasteiger partial charge in [-0.3, -0.25) is 4.79 Å². The number of carbonyl (C=O) groups is 1. The fourth-order valence-corrected chi connectivity index (χ4v) is 3.05. The van der Waals surface area contributed by atoms with Crippen molar-refractivity contribution in [3.8, 4) is 0 Å². The van der Waals surface area contributed by atoms with Crippen molar-refractivity contribution in [3.05, 3.63) is 23.2 Å². The zero-order valence-electron chi connectivity index (χ0n) is 8.98. The molecule has 0 aliphatic rings. The van der Waals surface area contributed by atoms with Crippen LogP contribution < -0.4 is 16.2 Å². The largest absolute Gasteiger partial charge is 0.398 e. The molecule has 1 amide bonds. The number of sulfonamides is 1. The van der Waals surface area contributed by atoms with Gasteiger partial charge < -0.3 is 11.5 Å². The van der Waals surface area contributed by atoms with E-state index in [1.807, 2.05) is 0 Å². The number of benzene rings is 1. The summed E-state index contributed by atoms with van der Waals surface area (Å²) in [6.45, 7) is 1.33. The fraction of sp³-hybridized carbons (Fsp3) is 0.222. The van der Waals surface area contributed by atoms with Gasteiger partial charge in [-0.05, 0) is 19.1 Å². The number of nitrogens with two attached hydrogens (primary N) is 2. The summed E-state index contributed by atoms with van der Waals surface area (Å²) in [5, 5.41) is -0.0193. The summed E-state index contributed by atoms with van der Waals surface area (Å²) in [4.78, 5) is 10.6. The van der Waals surface area contributed by atoms with Crippen LogP contribution in [-0.2, 0) is 14.8 Å². The molecule has 94 valence electrons. The number of rotatable bonds is 4. The van der Waals surface area contributed by atoms with Crippen LogP contribution in [0, 0.1) is 0 Å². The van der Waals surface area contributed by atoms with Crippen LogP contribution in [0.4, 0.5) is 5.69 Å². The van der Waals surface area contributed by atoms with Gasteiger partial charge in [0.15, 0.2) is 0 Å². The molecule has 1 atom stereocenters. The van der Waals surface area contributed by atoms with Crippen LogP contribution in [0.2, 0.25) is 5.02 Å². The van der Waals surface area contributed by atoms with E-state index >= 15 is 0 Å². The Morgan fingerprint density at radius 1 is 1.47 bits per heavy atom. The highest BCUT2D eigenvalue weighted by Crippen LogP contribution is 2.26. The molecular weight excluding hydrogens is 266 g/mol. The lowest BCUT2D eigenvalue weighted by atomic mass is 10.3. The van der Waals surface area contributed by atoms with E-state index in [1.165, 1.54) is 25.1 Å². The molecule has 0 radical (unpaired) electrons. The number of nitrogen functional groups attached to an aromatic ring is 1. The number of anilines is 1. The molecule has 8 heteroatoms. The van der Waals surface area contributed by atoms with E-state index in [4.69, 9.17) is 23.1 Å². The van der Waals surface area contributed by atoms with Crippen molar-refractivity contribution in [1.29, 1.82) is 0 Å². The van der Waals surface area contributed by atoms with Crippen molar-refractivity contribution >= 4 is 33.2 Å². The van der Waals surface area contributed by atoms with Gasteiger partial charge in [-0.1, -0.05) is 17.7 Å². The summed E-state index contributed by atoms with van der Waals surface area (Å²) in [5.74, 6) is -0.792. The van der Waals surface area contributed by atoms with Crippen molar-refractivity contribution in [1.82, 2.24) is 4.72 Å². The molecule has 0 heterocycles. The first-order chi connectivity index (χ1) is 7.75. The zero-order chi connectivity index (χ0) is 13.2. The Morgan fingerprint density at radius 3 is 2.53 bits per heavy atom. The average molecular weight is 278 g/mol. The summed E-state index contributed by atoms with van der Waals surface area (Å²) in [6, 6.07) is 3.26. The second-order valence-electron chi connectivity index (χ2n) is 3.40. The van der Waals surface area contributed by atoms with Crippen LogP contribution in [0.3, 0.4) is 0 Å². The molecule has 1 unspecified atom stereocenters. The highest BCUT2D eigenvalue weighted by molar-refractivity contribution is 7.89. The number of amides is 1. The first-order valence-electron chi connectivity index (χ1n) is 4.61. The molecule has 6 nitrogen and oxygen atoms in total. The standard InChI is InChI=1S/C9H12ClN3O3S/c1-5(9(12)14)13-17(15,16)8-6(10)3-2-4-7(8)11/h2-5,13H,11H2,1H3,(H2,12,14). The van der Waals surface area contributed by atoms with Gasteiger partial charge in [0, 0.05) is 0 Å². The number of hydrogen-bond donors (Lipinski definition) is 3. The molecule has 0 aliphatic heterocycles. The Labute approximate surface area is 104 Å². The minimum atomic E-state index is -3.97. The maximum Gasteiger partial charge on any atom is 0.244 e. The van der Waals surface area contributed by atoms with E-state index in [0.29, 0.717) is 0 Å². The first kappa shape index (κ1) is 13.8. The van der Waals surface area contributed by atoms with Gasteiger partial charge in [0.05, 0.1) is 16.8 Å². The number of primary amides is 1. The predicted octanol–water partition coefficient (Wildman–Crippen LogP) is 0.0743. The Kier molecular flexibility index (Phi) is 3.97. The minimum absolute atomic E-state index is 0.00155. The van der Waals surface area contributed by atoms with Crippen molar-refractivity contribution < 1.29 is 13.2 Å². The van der Waals surface area contributed by atoms with E-state index in [0.717, 1.165) is 0 Å². The van der Waals surface area contributed by atoms with Crippen LogP contribution in [0.5, 0.6) is 0 Å². The normalized spacial score (nSPS) is 13.3. The molecule has 1 aromatic carbocycles. The van der Waals surface area contributed by atoms with Crippen LogP contribution in [-0.4, -0.2) is 20.4 Å². The van der Waals surface area contributed by atoms with Crippen LogP contribution >= 0.6 is 11.6 Å². The van der Waals surface area contributed by atoms with E-state index in [-0.39, 0.29) is 15.6 Å². The van der Waals surface area contributed by atoms with Gasteiger partial charge in [-0.25, -0.2) is 8.42 Å². The minimum Gasteiger partial charge on any atom is -0.398 e. The van der Waals surface area contributed by atoms with Crippen LogP contribution in [0.25, 0.3) is 0 Å². The van der Waals surface area contributed by atoms with Crippen molar-refractivity contribution in [2.45, 2.75) is 17.9 Å². The topological polar surface area (TPSA) is 115 Å². The van der Waals surface area contributed by atoms with Gasteiger partial charge in [0.2, 0.25) is 15.9 Å². The van der Waals surface area contributed by atoms with Gasteiger partial charge in [-0.2, -0.15) is 4.72 Å². The molecule has 0 bridgehead atoms. The maximum atomic E-state index is 11.9. The average Bonchev–Trinajstić information content (AvgIpc) is 2.15. The molecule has 1 aromatic rings. The van der Waals surface area contributed by atoms with Crippen molar-refractivity contribution in [2.24, 2.45) is 5.73 Å². The van der Waals surface area contributed by atoms with Gasteiger partial charge >= 0.3 is 0 Å². The second-order valence-corrected chi connectivity index (χ2v) is 5.46. The lowest BCUT2D eigenvalue weighted by Gasteiger charge is -2.13. The monoisotopic (exact) mass is 277 g/mol. The molecule has 0 fully saturated rings. The third-order valence-electron chi connectivity index (χ3n) is 2.02. The number of halogens is 1. The number of hydrogen-bond acceptors (Lipinski definition) is 4. The Morgan fingerprint density at radius 2 is 2.06 bits per heavy atom. The molecule has 5 N–H and O–H groups in total. The molecular formula is C9H12ClN3O3S.